The SMILES string of the molecule is CSCC(C)(O)CNC(=O)c1cc(C)cc(C(=O)O)c1. The predicted molar refractivity (Wildman–Crippen MR) is 79.5 cm³/mol. The highest BCUT2D eigenvalue weighted by atomic mass is 32.2. The molecule has 0 bridgehead atoms. The van der Waals surface area contributed by atoms with Gasteiger partial charge >= 0.3 is 5.97 Å². The summed E-state index contributed by atoms with van der Waals surface area (Å²) in [6.45, 7) is 3.48. The van der Waals surface area contributed by atoms with Crippen LogP contribution in [0, 0.1) is 6.92 Å². The Morgan fingerprint density at radius 3 is 2.45 bits per heavy atom. The molecule has 1 rings (SSSR count). The average molecular weight is 297 g/mol. The summed E-state index contributed by atoms with van der Waals surface area (Å²) in [5.41, 5.74) is 0.0634. The molecule has 1 aromatic carbocycles. The molecule has 1 atom stereocenters. The number of carbonyl (C=O) groups excluding carboxylic acids is 1. The maximum atomic E-state index is 12.0. The van der Waals surface area contributed by atoms with E-state index < -0.39 is 17.5 Å². The Hall–Kier alpha value is -1.53. The molecule has 3 N–H and O–H groups in total. The fraction of sp³-hybridized carbons (Fsp3) is 0.429. The Labute approximate surface area is 122 Å². The molecule has 0 radical (unpaired) electrons. The molecule has 0 aliphatic carbocycles. The zero-order valence-corrected chi connectivity index (χ0v) is 12.6. The second-order valence-electron chi connectivity index (χ2n) is 5.01. The lowest BCUT2D eigenvalue weighted by Crippen LogP contribution is -2.42. The van der Waals surface area contributed by atoms with Gasteiger partial charge < -0.3 is 15.5 Å². The van der Waals surface area contributed by atoms with E-state index in [0.29, 0.717) is 11.3 Å². The standard InChI is InChI=1S/C14H19NO4S/c1-9-4-10(6-11(5-9)13(17)18)12(16)15-7-14(2,19)8-20-3/h4-6,19H,7-8H2,1-3H3,(H,15,16)(H,17,18). The number of rotatable bonds is 6. The first-order chi connectivity index (χ1) is 9.25. The summed E-state index contributed by atoms with van der Waals surface area (Å²) in [5.74, 6) is -0.962. The maximum absolute atomic E-state index is 12.0. The molecule has 20 heavy (non-hydrogen) atoms. The molecule has 0 saturated heterocycles. The molecular weight excluding hydrogens is 278 g/mol. The number of aliphatic hydroxyl groups is 1. The van der Waals surface area contributed by atoms with E-state index in [1.807, 2.05) is 6.26 Å². The van der Waals surface area contributed by atoms with Crippen LogP contribution < -0.4 is 5.32 Å². The largest absolute Gasteiger partial charge is 0.478 e. The fourth-order valence-electron chi connectivity index (χ4n) is 1.77. The summed E-state index contributed by atoms with van der Waals surface area (Å²) < 4.78 is 0. The number of aryl methyl sites for hydroxylation is 1. The van der Waals surface area contributed by atoms with Crippen LogP contribution in [0.1, 0.15) is 33.2 Å². The van der Waals surface area contributed by atoms with Crippen LogP contribution >= 0.6 is 11.8 Å². The molecule has 0 saturated carbocycles. The van der Waals surface area contributed by atoms with E-state index in [4.69, 9.17) is 5.11 Å². The minimum Gasteiger partial charge on any atom is -0.478 e. The van der Waals surface area contributed by atoms with Crippen molar-refractivity contribution in [1.82, 2.24) is 5.32 Å². The Bertz CT molecular complexity index is 514. The van der Waals surface area contributed by atoms with Gasteiger partial charge in [-0.15, -0.1) is 0 Å². The molecule has 0 fully saturated rings. The molecule has 0 aromatic heterocycles. The Morgan fingerprint density at radius 2 is 1.90 bits per heavy atom. The highest BCUT2D eigenvalue weighted by molar-refractivity contribution is 7.98. The van der Waals surface area contributed by atoms with Crippen molar-refractivity contribution in [3.63, 3.8) is 0 Å². The third kappa shape index (κ3) is 4.86. The van der Waals surface area contributed by atoms with Gasteiger partial charge in [-0.2, -0.15) is 11.8 Å². The Kier molecular flexibility index (Phi) is 5.59. The summed E-state index contributed by atoms with van der Waals surface area (Å²) in [6, 6.07) is 4.45. The van der Waals surface area contributed by atoms with Crippen LogP contribution in [0.3, 0.4) is 0 Å². The van der Waals surface area contributed by atoms with Crippen molar-refractivity contribution in [3.05, 3.63) is 34.9 Å². The van der Waals surface area contributed by atoms with Gasteiger partial charge in [0.15, 0.2) is 0 Å². The summed E-state index contributed by atoms with van der Waals surface area (Å²) >= 11 is 1.49. The molecule has 110 valence electrons. The van der Waals surface area contributed by atoms with Gasteiger partial charge in [0.2, 0.25) is 0 Å². The van der Waals surface area contributed by atoms with Crippen molar-refractivity contribution in [3.8, 4) is 0 Å². The summed E-state index contributed by atoms with van der Waals surface area (Å²) in [7, 11) is 0. The van der Waals surface area contributed by atoms with Crippen molar-refractivity contribution < 1.29 is 19.8 Å². The van der Waals surface area contributed by atoms with Gasteiger partial charge in [0.25, 0.3) is 5.91 Å². The van der Waals surface area contributed by atoms with E-state index in [1.165, 1.54) is 23.9 Å². The number of carboxylic acids is 1. The lowest BCUT2D eigenvalue weighted by atomic mass is 10.1. The van der Waals surface area contributed by atoms with Crippen LogP contribution in [-0.2, 0) is 0 Å². The molecule has 0 aliphatic rings. The first-order valence-corrected chi connectivity index (χ1v) is 7.49. The quantitative estimate of drug-likeness (QED) is 0.741. The van der Waals surface area contributed by atoms with Crippen LogP contribution in [-0.4, -0.2) is 46.2 Å². The molecule has 1 amide bonds. The minimum atomic E-state index is -1.07. The van der Waals surface area contributed by atoms with Crippen LogP contribution in [0.2, 0.25) is 0 Å². The zero-order chi connectivity index (χ0) is 15.3. The van der Waals surface area contributed by atoms with Gasteiger partial charge in [-0.05, 0) is 43.9 Å². The first-order valence-electron chi connectivity index (χ1n) is 6.10. The minimum absolute atomic E-state index is 0.0750. The van der Waals surface area contributed by atoms with Gasteiger partial charge in [-0.3, -0.25) is 4.79 Å². The van der Waals surface area contributed by atoms with E-state index in [1.54, 1.807) is 19.9 Å². The van der Waals surface area contributed by atoms with E-state index in [0.717, 1.165) is 0 Å². The number of hydrogen-bond acceptors (Lipinski definition) is 4. The molecule has 1 aromatic rings. The zero-order valence-electron chi connectivity index (χ0n) is 11.8. The van der Waals surface area contributed by atoms with Crippen molar-refractivity contribution in [1.29, 1.82) is 0 Å². The number of carbonyl (C=O) groups is 2. The molecule has 5 nitrogen and oxygen atoms in total. The van der Waals surface area contributed by atoms with E-state index in [2.05, 4.69) is 5.32 Å². The van der Waals surface area contributed by atoms with E-state index >= 15 is 0 Å². The van der Waals surface area contributed by atoms with E-state index in [9.17, 15) is 14.7 Å². The third-order valence-corrected chi connectivity index (χ3v) is 3.58. The molecular formula is C14H19NO4S. The highest BCUT2D eigenvalue weighted by Gasteiger charge is 2.21. The van der Waals surface area contributed by atoms with Crippen LogP contribution in [0.15, 0.2) is 18.2 Å². The second kappa shape index (κ2) is 6.76. The molecule has 6 heteroatoms. The number of thioether (sulfide) groups is 1. The number of nitrogens with one attached hydrogen (secondary N) is 1. The molecule has 1 unspecified atom stereocenters. The summed E-state index contributed by atoms with van der Waals surface area (Å²) in [4.78, 5) is 23.0. The average Bonchev–Trinajstić information content (AvgIpc) is 2.35. The number of amides is 1. The number of hydrogen-bond donors (Lipinski definition) is 3. The van der Waals surface area contributed by atoms with Crippen molar-refractivity contribution in [2.45, 2.75) is 19.4 Å². The van der Waals surface area contributed by atoms with Gasteiger partial charge in [-0.25, -0.2) is 4.79 Å². The molecule has 0 heterocycles. The smallest absolute Gasteiger partial charge is 0.335 e. The normalized spacial score (nSPS) is 13.6. The monoisotopic (exact) mass is 297 g/mol. The fourth-order valence-corrected chi connectivity index (χ4v) is 2.50. The maximum Gasteiger partial charge on any atom is 0.335 e. The van der Waals surface area contributed by atoms with Gasteiger partial charge in [0.05, 0.1) is 11.2 Å². The molecule has 0 spiro atoms. The highest BCUT2D eigenvalue weighted by Crippen LogP contribution is 2.12. The number of carboxylic acid groups (broad SMARTS) is 1. The van der Waals surface area contributed by atoms with Gasteiger partial charge in [0, 0.05) is 17.9 Å². The third-order valence-electron chi connectivity index (χ3n) is 2.67. The van der Waals surface area contributed by atoms with Crippen molar-refractivity contribution in [2.24, 2.45) is 0 Å². The van der Waals surface area contributed by atoms with Crippen LogP contribution in [0.4, 0.5) is 0 Å². The van der Waals surface area contributed by atoms with Gasteiger partial charge in [-0.1, -0.05) is 0 Å². The Balaban J connectivity index is 2.80. The van der Waals surface area contributed by atoms with Gasteiger partial charge in [0.1, 0.15) is 0 Å². The summed E-state index contributed by atoms with van der Waals surface area (Å²) in [5, 5.41) is 21.6. The summed E-state index contributed by atoms with van der Waals surface area (Å²) in [6.07, 6.45) is 1.87. The van der Waals surface area contributed by atoms with Crippen molar-refractivity contribution in [2.75, 3.05) is 18.6 Å². The first kappa shape index (κ1) is 16.5. The van der Waals surface area contributed by atoms with Crippen LogP contribution in [0.5, 0.6) is 0 Å². The Morgan fingerprint density at radius 1 is 1.30 bits per heavy atom. The van der Waals surface area contributed by atoms with Crippen LogP contribution in [0.25, 0.3) is 0 Å². The number of aromatic carboxylic acids is 1. The lowest BCUT2D eigenvalue weighted by Gasteiger charge is -2.22. The lowest BCUT2D eigenvalue weighted by molar-refractivity contribution is 0.0695. The van der Waals surface area contributed by atoms with E-state index in [-0.39, 0.29) is 17.7 Å². The second-order valence-corrected chi connectivity index (χ2v) is 5.87. The topological polar surface area (TPSA) is 86.6 Å². The number of benzene rings is 1. The molecule has 0 aliphatic heterocycles. The predicted octanol–water partition coefficient (Wildman–Crippen LogP) is 1.54. The van der Waals surface area contributed by atoms with Crippen molar-refractivity contribution >= 4 is 23.6 Å².